The summed E-state index contributed by atoms with van der Waals surface area (Å²) < 4.78 is 0. The highest BCUT2D eigenvalue weighted by Gasteiger charge is 2.36. The van der Waals surface area contributed by atoms with Crippen molar-refractivity contribution in [3.05, 3.63) is 40.3 Å². The highest BCUT2D eigenvalue weighted by atomic mass is 32.2. The fourth-order valence-corrected chi connectivity index (χ4v) is 2.85. The first kappa shape index (κ1) is 17.7. The first-order chi connectivity index (χ1) is 11.4. The Bertz CT molecular complexity index is 712. The number of rotatable bonds is 6. The number of carboxylic acid groups (broad SMARTS) is 1. The number of nitrogens with one attached hydrogen (secondary N) is 1. The van der Waals surface area contributed by atoms with Crippen LogP contribution in [0.2, 0.25) is 0 Å². The van der Waals surface area contributed by atoms with E-state index in [9.17, 15) is 24.3 Å². The third-order valence-corrected chi connectivity index (χ3v) is 4.20. The molecule has 0 bridgehead atoms. The number of aliphatic carboxylic acids is 1. The van der Waals surface area contributed by atoms with Crippen molar-refractivity contribution in [3.63, 3.8) is 0 Å². The van der Waals surface area contributed by atoms with Crippen LogP contribution in [0.15, 0.2) is 29.2 Å². The number of hydrogen-bond donors (Lipinski definition) is 1. The Morgan fingerprint density at radius 2 is 1.92 bits per heavy atom. The summed E-state index contributed by atoms with van der Waals surface area (Å²) in [5, 5.41) is 11.8. The Kier molecular flexibility index (Phi) is 5.75. The molecule has 126 valence electrons. The van der Waals surface area contributed by atoms with Crippen LogP contribution in [-0.4, -0.2) is 41.0 Å². The number of imide groups is 1. The van der Waals surface area contributed by atoms with E-state index < -0.39 is 36.1 Å². The van der Waals surface area contributed by atoms with Gasteiger partial charge in [-0.05, 0) is 35.4 Å². The Morgan fingerprint density at radius 1 is 1.25 bits per heavy atom. The maximum Gasteiger partial charge on any atom is 0.294 e. The highest BCUT2D eigenvalue weighted by Crippen LogP contribution is 2.31. The summed E-state index contributed by atoms with van der Waals surface area (Å²) in [4.78, 5) is 46.9. The minimum atomic E-state index is -1.45. The lowest BCUT2D eigenvalue weighted by molar-refractivity contribution is -0.304. The van der Waals surface area contributed by atoms with E-state index in [1.807, 2.05) is 31.2 Å². The second-order valence-electron chi connectivity index (χ2n) is 5.01. The van der Waals surface area contributed by atoms with Crippen LogP contribution >= 0.6 is 11.8 Å². The van der Waals surface area contributed by atoms with Gasteiger partial charge in [0.1, 0.15) is 6.54 Å². The molecule has 2 rings (SSSR count). The fraction of sp³-hybridized carbons (Fsp3) is 0.250. The lowest BCUT2D eigenvalue weighted by Gasteiger charge is -2.12. The second kappa shape index (κ2) is 7.78. The van der Waals surface area contributed by atoms with Gasteiger partial charge in [-0.2, -0.15) is 0 Å². The number of carbonyl (C=O) groups is 4. The van der Waals surface area contributed by atoms with Gasteiger partial charge in [0.2, 0.25) is 5.91 Å². The summed E-state index contributed by atoms with van der Waals surface area (Å²) in [5.74, 6) is -2.77. The number of hydrogen-bond acceptors (Lipinski definition) is 6. The molecule has 1 aliphatic rings. The van der Waals surface area contributed by atoms with E-state index in [-0.39, 0.29) is 4.91 Å². The summed E-state index contributed by atoms with van der Waals surface area (Å²) in [5.41, 5.74) is 1.93. The Hall–Kier alpha value is -2.61. The third-order valence-electron chi connectivity index (χ3n) is 3.29. The largest absolute Gasteiger partial charge is 0.548 e. The van der Waals surface area contributed by atoms with E-state index in [1.54, 1.807) is 6.08 Å². The van der Waals surface area contributed by atoms with Crippen LogP contribution in [0.5, 0.6) is 0 Å². The number of nitrogens with zero attached hydrogens (tertiary/aromatic N) is 1. The van der Waals surface area contributed by atoms with Crippen LogP contribution in [-0.2, 0) is 20.8 Å². The smallest absolute Gasteiger partial charge is 0.294 e. The SMILES string of the molecule is CCc1ccc(/C=C2\SC(=O)N(CC(=O)NCC(=O)[O-])C2=O)cc1. The number of thioether (sulfide) groups is 1. The van der Waals surface area contributed by atoms with Crippen molar-refractivity contribution in [1.82, 2.24) is 10.2 Å². The van der Waals surface area contributed by atoms with E-state index in [0.29, 0.717) is 0 Å². The molecule has 24 heavy (non-hydrogen) atoms. The van der Waals surface area contributed by atoms with Crippen molar-refractivity contribution < 1.29 is 24.3 Å². The maximum absolute atomic E-state index is 12.2. The molecule has 7 nitrogen and oxygen atoms in total. The van der Waals surface area contributed by atoms with Gasteiger partial charge in [-0.3, -0.25) is 19.3 Å². The molecule has 0 unspecified atom stereocenters. The van der Waals surface area contributed by atoms with E-state index >= 15 is 0 Å². The molecule has 8 heteroatoms. The predicted molar refractivity (Wildman–Crippen MR) is 86.5 cm³/mol. The second-order valence-corrected chi connectivity index (χ2v) is 6.00. The van der Waals surface area contributed by atoms with Crippen LogP contribution in [0, 0.1) is 0 Å². The zero-order chi connectivity index (χ0) is 17.7. The Morgan fingerprint density at radius 3 is 2.50 bits per heavy atom. The van der Waals surface area contributed by atoms with Gasteiger partial charge in [-0.1, -0.05) is 31.2 Å². The van der Waals surface area contributed by atoms with Gasteiger partial charge in [-0.15, -0.1) is 0 Å². The quantitative estimate of drug-likeness (QED) is 0.734. The molecule has 0 aliphatic carbocycles. The van der Waals surface area contributed by atoms with Crippen molar-refractivity contribution >= 4 is 40.9 Å². The molecule has 1 N–H and O–H groups in total. The molecule has 1 aliphatic heterocycles. The number of carboxylic acids is 1. The normalized spacial score (nSPS) is 15.9. The van der Waals surface area contributed by atoms with Crippen LogP contribution in [0.3, 0.4) is 0 Å². The first-order valence-corrected chi connectivity index (χ1v) is 8.03. The summed E-state index contributed by atoms with van der Waals surface area (Å²) in [6.07, 6.45) is 2.49. The van der Waals surface area contributed by atoms with Gasteiger partial charge in [0.05, 0.1) is 17.4 Å². The molecule has 3 amide bonds. The lowest BCUT2D eigenvalue weighted by atomic mass is 10.1. The molecular formula is C16H15N2O5S-. The third kappa shape index (κ3) is 4.45. The van der Waals surface area contributed by atoms with Crippen molar-refractivity contribution in [2.24, 2.45) is 0 Å². The van der Waals surface area contributed by atoms with Crippen LogP contribution in [0.1, 0.15) is 18.1 Å². The van der Waals surface area contributed by atoms with E-state index in [2.05, 4.69) is 5.32 Å². The van der Waals surface area contributed by atoms with Gasteiger partial charge >= 0.3 is 0 Å². The van der Waals surface area contributed by atoms with Gasteiger partial charge in [0.15, 0.2) is 0 Å². The Labute approximate surface area is 142 Å². The van der Waals surface area contributed by atoms with Crippen molar-refractivity contribution in [2.45, 2.75) is 13.3 Å². The molecular weight excluding hydrogens is 332 g/mol. The van der Waals surface area contributed by atoms with Gasteiger partial charge in [0, 0.05) is 0 Å². The molecule has 1 saturated heterocycles. The monoisotopic (exact) mass is 347 g/mol. The maximum atomic E-state index is 12.2. The number of benzene rings is 1. The average molecular weight is 347 g/mol. The number of carbonyl (C=O) groups excluding carboxylic acids is 4. The summed E-state index contributed by atoms with van der Waals surface area (Å²) in [6.45, 7) is 0.838. The minimum absolute atomic E-state index is 0.219. The van der Waals surface area contributed by atoms with Gasteiger partial charge in [0.25, 0.3) is 11.1 Å². The lowest BCUT2D eigenvalue weighted by Crippen LogP contribution is -2.43. The zero-order valence-corrected chi connectivity index (χ0v) is 13.7. The highest BCUT2D eigenvalue weighted by molar-refractivity contribution is 8.18. The van der Waals surface area contributed by atoms with E-state index in [1.165, 1.54) is 0 Å². The van der Waals surface area contributed by atoms with E-state index in [4.69, 9.17) is 0 Å². The van der Waals surface area contributed by atoms with Crippen molar-refractivity contribution in [3.8, 4) is 0 Å². The molecule has 1 heterocycles. The zero-order valence-electron chi connectivity index (χ0n) is 12.9. The number of amides is 3. The van der Waals surface area contributed by atoms with Gasteiger partial charge in [-0.25, -0.2) is 0 Å². The standard InChI is InChI=1S/C16H16N2O5S/c1-2-10-3-5-11(6-4-10)7-12-15(22)18(16(23)24-12)9-13(19)17-8-14(20)21/h3-7H,2,8-9H2,1H3,(H,17,19)(H,20,21)/p-1/b12-7-. The van der Waals surface area contributed by atoms with Crippen LogP contribution in [0.25, 0.3) is 6.08 Å². The van der Waals surface area contributed by atoms with Crippen LogP contribution < -0.4 is 10.4 Å². The molecule has 0 aromatic heterocycles. The molecule has 0 saturated carbocycles. The minimum Gasteiger partial charge on any atom is -0.548 e. The molecule has 0 spiro atoms. The summed E-state index contributed by atoms with van der Waals surface area (Å²) in [7, 11) is 0. The fourth-order valence-electron chi connectivity index (χ4n) is 2.01. The van der Waals surface area contributed by atoms with Gasteiger partial charge < -0.3 is 15.2 Å². The number of aryl methyl sites for hydroxylation is 1. The molecule has 1 fully saturated rings. The molecule has 0 atom stereocenters. The summed E-state index contributed by atoms with van der Waals surface area (Å²) >= 11 is 0.743. The molecule has 0 radical (unpaired) electrons. The Balaban J connectivity index is 2.05. The summed E-state index contributed by atoms with van der Waals surface area (Å²) in [6, 6.07) is 7.56. The molecule has 1 aromatic rings. The topological polar surface area (TPSA) is 107 Å². The van der Waals surface area contributed by atoms with Crippen molar-refractivity contribution in [1.29, 1.82) is 0 Å². The van der Waals surface area contributed by atoms with Crippen LogP contribution in [0.4, 0.5) is 4.79 Å². The van der Waals surface area contributed by atoms with E-state index in [0.717, 1.165) is 34.2 Å². The predicted octanol–water partition coefficient (Wildman–Crippen LogP) is 0.151. The first-order valence-electron chi connectivity index (χ1n) is 7.21. The van der Waals surface area contributed by atoms with Crippen molar-refractivity contribution in [2.75, 3.05) is 13.1 Å². The molecule has 1 aromatic carbocycles. The average Bonchev–Trinajstić information content (AvgIpc) is 2.81.